The molecule has 2 rings (SSSR count). The van der Waals surface area contributed by atoms with Crippen molar-refractivity contribution in [3.63, 3.8) is 0 Å². The van der Waals surface area contributed by atoms with Crippen molar-refractivity contribution in [2.45, 2.75) is 13.5 Å². The zero-order chi connectivity index (χ0) is 15.4. The van der Waals surface area contributed by atoms with Crippen LogP contribution in [0.5, 0.6) is 0 Å². The molecule has 0 aliphatic heterocycles. The Balaban J connectivity index is 2.17. The molecule has 0 N–H and O–H groups in total. The average molecular weight is 349 g/mol. The fourth-order valence-electron chi connectivity index (χ4n) is 1.93. The highest BCUT2D eigenvalue weighted by molar-refractivity contribution is 9.10. The van der Waals surface area contributed by atoms with E-state index in [1.165, 1.54) is 7.11 Å². The van der Waals surface area contributed by atoms with E-state index in [0.717, 1.165) is 10.2 Å². The minimum absolute atomic E-state index is 0.0161. The van der Waals surface area contributed by atoms with Crippen LogP contribution in [-0.2, 0) is 11.3 Å². The fourth-order valence-corrected chi connectivity index (χ4v) is 2.31. The number of ketones is 1. The second-order valence-corrected chi connectivity index (χ2v) is 5.42. The predicted molar refractivity (Wildman–Crippen MR) is 81.2 cm³/mol. The number of benzene rings is 1. The van der Waals surface area contributed by atoms with Crippen LogP contribution in [0.1, 0.15) is 26.4 Å². The smallest absolute Gasteiger partial charge is 0.337 e. The van der Waals surface area contributed by atoms with Gasteiger partial charge >= 0.3 is 5.97 Å². The molecule has 4 nitrogen and oxygen atoms in total. The number of ether oxygens (including phenoxy) is 1. The molecule has 0 bridgehead atoms. The van der Waals surface area contributed by atoms with Crippen LogP contribution in [0, 0.1) is 6.92 Å². The Hall–Kier alpha value is -2.01. The van der Waals surface area contributed by atoms with E-state index >= 15 is 0 Å². The minimum Gasteiger partial charge on any atom is -0.465 e. The van der Waals surface area contributed by atoms with E-state index in [1.54, 1.807) is 24.3 Å². The number of methoxy groups -OCH3 is 1. The summed E-state index contributed by atoms with van der Waals surface area (Å²) in [6.45, 7) is 2.20. The number of Topliss-reactive ketones (excluding diaryl/α,β-unsaturated/α-hetero) is 1. The molecule has 0 aliphatic carbocycles. The van der Waals surface area contributed by atoms with Crippen LogP contribution in [0.2, 0.25) is 0 Å². The van der Waals surface area contributed by atoms with Crippen molar-refractivity contribution >= 4 is 27.7 Å². The van der Waals surface area contributed by atoms with Crippen LogP contribution >= 0.6 is 15.9 Å². The maximum absolute atomic E-state index is 12.3. The van der Waals surface area contributed by atoms with Crippen LogP contribution in [-0.4, -0.2) is 18.9 Å². The van der Waals surface area contributed by atoms with E-state index in [4.69, 9.17) is 0 Å². The van der Waals surface area contributed by atoms with Gasteiger partial charge in [-0.3, -0.25) is 4.79 Å². The normalized spacial score (nSPS) is 10.2. The summed E-state index contributed by atoms with van der Waals surface area (Å²) in [7, 11) is 1.33. The van der Waals surface area contributed by atoms with Gasteiger partial charge in [-0.2, -0.15) is 4.57 Å². The lowest BCUT2D eigenvalue weighted by Crippen LogP contribution is -2.40. The molecule has 21 heavy (non-hydrogen) atoms. The lowest BCUT2D eigenvalue weighted by molar-refractivity contribution is -0.689. The number of rotatable bonds is 4. The molecule has 0 saturated carbocycles. The highest BCUT2D eigenvalue weighted by atomic mass is 79.9. The molecule has 0 atom stereocenters. The zero-order valence-corrected chi connectivity index (χ0v) is 13.4. The summed E-state index contributed by atoms with van der Waals surface area (Å²) < 4.78 is 7.46. The zero-order valence-electron chi connectivity index (χ0n) is 11.8. The van der Waals surface area contributed by atoms with Crippen molar-refractivity contribution in [2.24, 2.45) is 0 Å². The first kappa shape index (κ1) is 15.4. The lowest BCUT2D eigenvalue weighted by Gasteiger charge is -2.03. The molecule has 2 aromatic rings. The first-order chi connectivity index (χ1) is 10.0. The second kappa shape index (κ2) is 6.63. The van der Waals surface area contributed by atoms with E-state index in [9.17, 15) is 9.59 Å². The molecule has 108 valence electrons. The molecule has 0 saturated heterocycles. The highest BCUT2D eigenvalue weighted by Gasteiger charge is 2.16. The summed E-state index contributed by atoms with van der Waals surface area (Å²) >= 11 is 3.44. The van der Waals surface area contributed by atoms with Gasteiger partial charge < -0.3 is 4.74 Å². The molecular weight excluding hydrogens is 334 g/mol. The van der Waals surface area contributed by atoms with Crippen LogP contribution in [0.25, 0.3) is 0 Å². The fraction of sp³-hybridized carbons (Fsp3) is 0.188. The number of hydrogen-bond donors (Lipinski definition) is 0. The predicted octanol–water partition coefficient (Wildman–Crippen LogP) is 2.71. The van der Waals surface area contributed by atoms with Crippen molar-refractivity contribution in [3.05, 3.63) is 63.9 Å². The first-order valence-electron chi connectivity index (χ1n) is 6.39. The van der Waals surface area contributed by atoms with Gasteiger partial charge in [-0.1, -0.05) is 12.1 Å². The van der Waals surface area contributed by atoms with Gasteiger partial charge in [0.25, 0.3) is 0 Å². The summed E-state index contributed by atoms with van der Waals surface area (Å²) in [5, 5.41) is 0. The number of hydrogen-bond acceptors (Lipinski definition) is 3. The molecule has 5 heteroatoms. The van der Waals surface area contributed by atoms with Gasteiger partial charge in [-0.15, -0.1) is 0 Å². The Morgan fingerprint density at radius 3 is 2.38 bits per heavy atom. The standard InChI is InChI=1S/C16H15BrNO3/c1-11-14(17)4-3-9-18(11)10-15(19)12-5-7-13(8-6-12)16(20)21-2/h3-9H,10H2,1-2H3/q+1. The van der Waals surface area contributed by atoms with Crippen molar-refractivity contribution < 1.29 is 18.9 Å². The molecule has 0 spiro atoms. The van der Waals surface area contributed by atoms with Crippen LogP contribution < -0.4 is 4.57 Å². The first-order valence-corrected chi connectivity index (χ1v) is 7.18. The van der Waals surface area contributed by atoms with Crippen LogP contribution in [0.4, 0.5) is 0 Å². The van der Waals surface area contributed by atoms with Crippen molar-refractivity contribution in [3.8, 4) is 0 Å². The molecule has 0 aliphatic rings. The maximum atomic E-state index is 12.3. The molecule has 1 aromatic carbocycles. The van der Waals surface area contributed by atoms with Gasteiger partial charge in [0.15, 0.2) is 11.9 Å². The number of pyridine rings is 1. The highest BCUT2D eigenvalue weighted by Crippen LogP contribution is 2.11. The quantitative estimate of drug-likeness (QED) is 0.484. The topological polar surface area (TPSA) is 47.3 Å². The Labute approximate surface area is 131 Å². The van der Waals surface area contributed by atoms with E-state index < -0.39 is 5.97 Å². The SMILES string of the molecule is COC(=O)c1ccc(C(=O)C[n+]2cccc(Br)c2C)cc1. The maximum Gasteiger partial charge on any atom is 0.337 e. The number of carbonyl (C=O) groups is 2. The van der Waals surface area contributed by atoms with Gasteiger partial charge in [0.1, 0.15) is 0 Å². The molecule has 0 fully saturated rings. The van der Waals surface area contributed by atoms with E-state index in [2.05, 4.69) is 20.7 Å². The Morgan fingerprint density at radius 1 is 1.14 bits per heavy atom. The van der Waals surface area contributed by atoms with E-state index in [-0.39, 0.29) is 12.3 Å². The summed E-state index contributed by atoms with van der Waals surface area (Å²) in [4.78, 5) is 23.6. The minimum atomic E-state index is -0.411. The molecule has 0 amide bonds. The average Bonchev–Trinajstić information content (AvgIpc) is 2.51. The third-order valence-corrected chi connectivity index (χ3v) is 4.07. The van der Waals surface area contributed by atoms with Crippen LogP contribution in [0.3, 0.4) is 0 Å². The summed E-state index contributed by atoms with van der Waals surface area (Å²) in [6, 6.07) is 10.3. The van der Waals surface area contributed by atoms with Crippen LogP contribution in [0.15, 0.2) is 47.1 Å². The third-order valence-electron chi connectivity index (χ3n) is 3.23. The van der Waals surface area contributed by atoms with Gasteiger partial charge in [-0.25, -0.2) is 4.79 Å². The Kier molecular flexibility index (Phi) is 4.85. The monoisotopic (exact) mass is 348 g/mol. The number of aromatic nitrogens is 1. The summed E-state index contributed by atoms with van der Waals surface area (Å²) in [6.07, 6.45) is 1.86. The Morgan fingerprint density at radius 2 is 1.76 bits per heavy atom. The van der Waals surface area contributed by atoms with Crippen molar-refractivity contribution in [2.75, 3.05) is 7.11 Å². The molecule has 0 unspecified atom stereocenters. The van der Waals surface area contributed by atoms with Gasteiger partial charge in [0.2, 0.25) is 12.3 Å². The van der Waals surface area contributed by atoms with Crippen molar-refractivity contribution in [1.29, 1.82) is 0 Å². The summed E-state index contributed by atoms with van der Waals surface area (Å²) in [5.74, 6) is -0.427. The molecular formula is C16H15BrNO3+. The third kappa shape index (κ3) is 3.55. The molecule has 1 aromatic heterocycles. The van der Waals surface area contributed by atoms with Gasteiger partial charge in [0, 0.05) is 18.6 Å². The van der Waals surface area contributed by atoms with E-state index in [1.807, 2.05) is 29.8 Å². The lowest BCUT2D eigenvalue weighted by atomic mass is 10.1. The molecule has 1 heterocycles. The van der Waals surface area contributed by atoms with Crippen molar-refractivity contribution in [1.82, 2.24) is 0 Å². The van der Waals surface area contributed by atoms with E-state index in [0.29, 0.717) is 11.1 Å². The number of carbonyl (C=O) groups excluding carboxylic acids is 2. The summed E-state index contributed by atoms with van der Waals surface area (Å²) in [5.41, 5.74) is 1.98. The molecule has 0 radical (unpaired) electrons. The number of nitrogens with zero attached hydrogens (tertiary/aromatic N) is 1. The van der Waals surface area contributed by atoms with Gasteiger partial charge in [0.05, 0.1) is 17.1 Å². The number of halogens is 1. The van der Waals surface area contributed by atoms with Gasteiger partial charge in [-0.05, 0) is 34.1 Å². The number of esters is 1. The Bertz CT molecular complexity index is 680. The largest absolute Gasteiger partial charge is 0.465 e. The second-order valence-electron chi connectivity index (χ2n) is 4.56.